The quantitative estimate of drug-likeness (QED) is 0.814. The zero-order valence-electron chi connectivity index (χ0n) is 10.8. The highest BCUT2D eigenvalue weighted by molar-refractivity contribution is 6.30. The fraction of sp³-hybridized carbons (Fsp3) is 0.500. The average molecular weight is 251 g/mol. The molecule has 0 aliphatic rings. The molecule has 0 fully saturated rings. The predicted molar refractivity (Wildman–Crippen MR) is 71.8 cm³/mol. The molecule has 17 heavy (non-hydrogen) atoms. The highest BCUT2D eigenvalue weighted by atomic mass is 35.5. The summed E-state index contributed by atoms with van der Waals surface area (Å²) in [6.07, 6.45) is 0. The maximum Gasteiger partial charge on any atom is 0.0683 e. The minimum absolute atomic E-state index is 0.0221. The predicted octanol–water partition coefficient (Wildman–Crippen LogP) is 3.74. The van der Waals surface area contributed by atoms with Gasteiger partial charge in [-0.05, 0) is 37.7 Å². The number of hydrogen-bond acceptors (Lipinski definition) is 2. The second kappa shape index (κ2) is 6.05. The van der Waals surface area contributed by atoms with Crippen molar-refractivity contribution in [1.29, 1.82) is 5.26 Å². The third-order valence-electron chi connectivity index (χ3n) is 2.98. The number of nitriles is 1. The Bertz CT molecular complexity index is 390. The zero-order valence-corrected chi connectivity index (χ0v) is 11.6. The molecule has 0 bridgehead atoms. The van der Waals surface area contributed by atoms with Gasteiger partial charge in [-0.3, -0.25) is 0 Å². The molecule has 1 aromatic carbocycles. The second-order valence-electron chi connectivity index (χ2n) is 4.86. The summed E-state index contributed by atoms with van der Waals surface area (Å²) in [6, 6.07) is 10.3. The Kier molecular flexibility index (Phi) is 4.99. The smallest absolute Gasteiger partial charge is 0.0683 e. The Labute approximate surface area is 109 Å². The van der Waals surface area contributed by atoms with E-state index in [-0.39, 0.29) is 12.0 Å². The third kappa shape index (κ3) is 3.46. The summed E-state index contributed by atoms with van der Waals surface area (Å²) in [5, 5.41) is 10.1. The van der Waals surface area contributed by atoms with Gasteiger partial charge in [0.25, 0.3) is 0 Å². The molecule has 0 saturated heterocycles. The van der Waals surface area contributed by atoms with Crippen molar-refractivity contribution in [3.05, 3.63) is 34.9 Å². The first-order valence-corrected chi connectivity index (χ1v) is 6.16. The molecule has 0 amide bonds. The van der Waals surface area contributed by atoms with E-state index in [4.69, 9.17) is 11.6 Å². The van der Waals surface area contributed by atoms with Gasteiger partial charge in [-0.2, -0.15) is 5.26 Å². The number of halogens is 1. The number of hydrogen-bond donors (Lipinski definition) is 0. The van der Waals surface area contributed by atoms with E-state index in [0.717, 1.165) is 10.6 Å². The average Bonchev–Trinajstić information content (AvgIpc) is 2.26. The van der Waals surface area contributed by atoms with E-state index in [9.17, 15) is 5.26 Å². The maximum atomic E-state index is 9.33. The SMILES string of the molecule is CC(C)C(C#N)C(c1ccc(Cl)cc1)N(C)C. The van der Waals surface area contributed by atoms with E-state index in [1.165, 1.54) is 0 Å². The lowest BCUT2D eigenvalue weighted by atomic mass is 9.85. The lowest BCUT2D eigenvalue weighted by Crippen LogP contribution is -2.29. The van der Waals surface area contributed by atoms with Gasteiger partial charge in [0.2, 0.25) is 0 Å². The summed E-state index contributed by atoms with van der Waals surface area (Å²) in [7, 11) is 4.01. The largest absolute Gasteiger partial charge is 0.301 e. The van der Waals surface area contributed by atoms with Crippen molar-refractivity contribution in [2.75, 3.05) is 14.1 Å². The lowest BCUT2D eigenvalue weighted by Gasteiger charge is -2.31. The number of rotatable bonds is 4. The molecule has 3 heteroatoms. The fourth-order valence-electron chi connectivity index (χ4n) is 2.07. The van der Waals surface area contributed by atoms with Crippen molar-refractivity contribution in [1.82, 2.24) is 4.90 Å². The van der Waals surface area contributed by atoms with E-state index < -0.39 is 0 Å². The maximum absolute atomic E-state index is 9.33. The van der Waals surface area contributed by atoms with Gasteiger partial charge in [0, 0.05) is 5.02 Å². The molecule has 0 saturated carbocycles. The van der Waals surface area contributed by atoms with Crippen LogP contribution < -0.4 is 0 Å². The summed E-state index contributed by atoms with van der Waals surface area (Å²) in [5.41, 5.74) is 1.14. The summed E-state index contributed by atoms with van der Waals surface area (Å²) < 4.78 is 0. The summed E-state index contributed by atoms with van der Waals surface area (Å²) in [4.78, 5) is 2.09. The molecule has 1 aromatic rings. The van der Waals surface area contributed by atoms with Crippen molar-refractivity contribution < 1.29 is 0 Å². The first-order chi connectivity index (χ1) is 7.97. The van der Waals surface area contributed by atoms with Gasteiger partial charge in [0.05, 0.1) is 18.0 Å². The Morgan fingerprint density at radius 1 is 1.18 bits per heavy atom. The van der Waals surface area contributed by atoms with Gasteiger partial charge in [0.15, 0.2) is 0 Å². The van der Waals surface area contributed by atoms with Crippen LogP contribution in [-0.2, 0) is 0 Å². The zero-order chi connectivity index (χ0) is 13.0. The summed E-state index contributed by atoms with van der Waals surface area (Å²) in [5.74, 6) is 0.300. The van der Waals surface area contributed by atoms with Crippen molar-refractivity contribution in [2.24, 2.45) is 11.8 Å². The standard InChI is InChI=1S/C14H19ClN2/c1-10(2)13(9-16)14(17(3)4)11-5-7-12(15)8-6-11/h5-8,10,13-14H,1-4H3. The van der Waals surface area contributed by atoms with Gasteiger partial charge in [-0.1, -0.05) is 37.6 Å². The van der Waals surface area contributed by atoms with Crippen LogP contribution in [0.25, 0.3) is 0 Å². The molecule has 92 valence electrons. The fourth-order valence-corrected chi connectivity index (χ4v) is 2.20. The molecule has 0 N–H and O–H groups in total. The van der Waals surface area contributed by atoms with Gasteiger partial charge in [0.1, 0.15) is 0 Å². The Morgan fingerprint density at radius 3 is 2.06 bits per heavy atom. The minimum Gasteiger partial charge on any atom is -0.301 e. The third-order valence-corrected chi connectivity index (χ3v) is 3.23. The molecule has 2 atom stereocenters. The van der Waals surface area contributed by atoms with Crippen LogP contribution in [0.4, 0.5) is 0 Å². The molecule has 0 aliphatic carbocycles. The first-order valence-electron chi connectivity index (χ1n) is 5.79. The van der Waals surface area contributed by atoms with Crippen LogP contribution in [0.1, 0.15) is 25.5 Å². The van der Waals surface area contributed by atoms with Crippen molar-refractivity contribution in [3.8, 4) is 6.07 Å². The van der Waals surface area contributed by atoms with Crippen molar-refractivity contribution in [3.63, 3.8) is 0 Å². The monoisotopic (exact) mass is 250 g/mol. The van der Waals surface area contributed by atoms with Gasteiger partial charge < -0.3 is 4.90 Å². The van der Waals surface area contributed by atoms with Crippen LogP contribution in [0.3, 0.4) is 0 Å². The van der Waals surface area contributed by atoms with E-state index in [1.54, 1.807) is 0 Å². The number of benzene rings is 1. The normalized spacial score (nSPS) is 14.7. The van der Waals surface area contributed by atoms with Gasteiger partial charge in [-0.25, -0.2) is 0 Å². The molecule has 0 aromatic heterocycles. The first kappa shape index (κ1) is 14.0. The molecule has 0 radical (unpaired) electrons. The molecular weight excluding hydrogens is 232 g/mol. The molecule has 1 rings (SSSR count). The van der Waals surface area contributed by atoms with E-state index in [0.29, 0.717) is 5.92 Å². The summed E-state index contributed by atoms with van der Waals surface area (Å²) >= 11 is 5.89. The van der Waals surface area contributed by atoms with E-state index in [1.807, 2.05) is 38.4 Å². The van der Waals surface area contributed by atoms with Gasteiger partial charge >= 0.3 is 0 Å². The van der Waals surface area contributed by atoms with Crippen molar-refractivity contribution >= 4 is 11.6 Å². The Hall–Kier alpha value is -1.04. The van der Waals surface area contributed by atoms with Crippen LogP contribution in [-0.4, -0.2) is 19.0 Å². The molecule has 2 nitrogen and oxygen atoms in total. The molecule has 0 heterocycles. The molecular formula is C14H19ClN2. The highest BCUT2D eigenvalue weighted by Crippen LogP contribution is 2.32. The Morgan fingerprint density at radius 2 is 1.71 bits per heavy atom. The summed E-state index contributed by atoms with van der Waals surface area (Å²) in [6.45, 7) is 4.17. The Balaban J connectivity index is 3.09. The lowest BCUT2D eigenvalue weighted by molar-refractivity contribution is 0.210. The van der Waals surface area contributed by atoms with Crippen LogP contribution >= 0.6 is 11.6 Å². The van der Waals surface area contributed by atoms with Crippen LogP contribution in [0.5, 0.6) is 0 Å². The molecule has 2 unspecified atom stereocenters. The number of nitrogens with zero attached hydrogens (tertiary/aromatic N) is 2. The van der Waals surface area contributed by atoms with Crippen LogP contribution in [0, 0.1) is 23.2 Å². The minimum atomic E-state index is -0.0221. The van der Waals surface area contributed by atoms with Crippen LogP contribution in [0.2, 0.25) is 5.02 Å². The second-order valence-corrected chi connectivity index (χ2v) is 5.30. The van der Waals surface area contributed by atoms with Crippen molar-refractivity contribution in [2.45, 2.75) is 19.9 Å². The molecule has 0 spiro atoms. The van der Waals surface area contributed by atoms with Gasteiger partial charge in [-0.15, -0.1) is 0 Å². The van der Waals surface area contributed by atoms with E-state index in [2.05, 4.69) is 24.8 Å². The molecule has 0 aliphatic heterocycles. The highest BCUT2D eigenvalue weighted by Gasteiger charge is 2.27. The van der Waals surface area contributed by atoms with E-state index >= 15 is 0 Å². The topological polar surface area (TPSA) is 27.0 Å². The van der Waals surface area contributed by atoms with Crippen LogP contribution in [0.15, 0.2) is 24.3 Å².